The Kier molecular flexibility index (Phi) is 2.01. The van der Waals surface area contributed by atoms with Gasteiger partial charge in [-0.2, -0.15) is 0 Å². The van der Waals surface area contributed by atoms with E-state index in [0.717, 1.165) is 31.1 Å². The standard InChI is InChI=1S/C13H23NO/c1-9(2)14-12-4-10-3-11(5-12)7-13(15,6-10)8-12/h9-11,14-15H,3-8H2,1-2H3/t10-,11-,12?,13?/m1/s1. The van der Waals surface area contributed by atoms with Crippen LogP contribution in [0.3, 0.4) is 0 Å². The first kappa shape index (κ1) is 10.1. The average molecular weight is 209 g/mol. The van der Waals surface area contributed by atoms with E-state index in [1.54, 1.807) is 0 Å². The highest BCUT2D eigenvalue weighted by atomic mass is 16.3. The second-order valence-electron chi connectivity index (χ2n) is 6.76. The number of hydrogen-bond donors (Lipinski definition) is 2. The molecule has 2 N–H and O–H groups in total. The zero-order valence-electron chi connectivity index (χ0n) is 9.92. The summed E-state index contributed by atoms with van der Waals surface area (Å²) in [5.74, 6) is 1.59. The highest BCUT2D eigenvalue weighted by Gasteiger charge is 2.57. The lowest BCUT2D eigenvalue weighted by molar-refractivity contribution is -0.143. The smallest absolute Gasteiger partial charge is 0.0670 e. The first-order valence-electron chi connectivity index (χ1n) is 6.49. The molecule has 0 saturated heterocycles. The molecular formula is C13H23NO. The summed E-state index contributed by atoms with van der Waals surface area (Å²) in [5.41, 5.74) is -0.0288. The van der Waals surface area contributed by atoms with Crippen LogP contribution in [0.1, 0.15) is 52.4 Å². The van der Waals surface area contributed by atoms with Gasteiger partial charge in [0.05, 0.1) is 5.60 Å². The second kappa shape index (κ2) is 2.98. The van der Waals surface area contributed by atoms with Gasteiger partial charge in [0.1, 0.15) is 0 Å². The van der Waals surface area contributed by atoms with Gasteiger partial charge in [-0.25, -0.2) is 0 Å². The summed E-state index contributed by atoms with van der Waals surface area (Å²) in [6, 6.07) is 0.546. The molecule has 2 atom stereocenters. The van der Waals surface area contributed by atoms with Crippen LogP contribution in [0.4, 0.5) is 0 Å². The molecule has 4 aliphatic rings. The maximum absolute atomic E-state index is 10.5. The Bertz CT molecular complexity index is 254. The third kappa shape index (κ3) is 1.62. The average Bonchev–Trinajstić information content (AvgIpc) is 1.94. The lowest BCUT2D eigenvalue weighted by Gasteiger charge is -2.61. The topological polar surface area (TPSA) is 32.3 Å². The predicted molar refractivity (Wildman–Crippen MR) is 60.6 cm³/mol. The minimum Gasteiger partial charge on any atom is -0.390 e. The third-order valence-electron chi connectivity index (χ3n) is 4.63. The van der Waals surface area contributed by atoms with Crippen LogP contribution >= 0.6 is 0 Å². The van der Waals surface area contributed by atoms with Gasteiger partial charge in [0.15, 0.2) is 0 Å². The Labute approximate surface area is 92.4 Å². The van der Waals surface area contributed by atoms with Gasteiger partial charge in [-0.15, -0.1) is 0 Å². The molecule has 4 rings (SSSR count). The van der Waals surface area contributed by atoms with E-state index in [2.05, 4.69) is 19.2 Å². The summed E-state index contributed by atoms with van der Waals surface area (Å²) in [6.45, 7) is 4.45. The fourth-order valence-electron chi connectivity index (χ4n) is 5.00. The SMILES string of the molecule is CC(C)NC12C[C@H]3C[C@@H](CC(O)(C3)C1)C2. The van der Waals surface area contributed by atoms with Crippen molar-refractivity contribution in [3.63, 3.8) is 0 Å². The monoisotopic (exact) mass is 209 g/mol. The quantitative estimate of drug-likeness (QED) is 0.729. The van der Waals surface area contributed by atoms with Gasteiger partial charge in [0.2, 0.25) is 0 Å². The molecule has 4 fully saturated rings. The number of hydrogen-bond acceptors (Lipinski definition) is 2. The van der Waals surface area contributed by atoms with Crippen LogP contribution in [0.15, 0.2) is 0 Å². The van der Waals surface area contributed by atoms with E-state index in [9.17, 15) is 5.11 Å². The minimum atomic E-state index is -0.314. The zero-order chi connectivity index (χ0) is 10.7. The van der Waals surface area contributed by atoms with Crippen LogP contribution < -0.4 is 5.32 Å². The largest absolute Gasteiger partial charge is 0.390 e. The molecule has 0 amide bonds. The first-order valence-corrected chi connectivity index (χ1v) is 6.49. The van der Waals surface area contributed by atoms with Crippen LogP contribution in [0.5, 0.6) is 0 Å². The van der Waals surface area contributed by atoms with E-state index in [4.69, 9.17) is 0 Å². The Balaban J connectivity index is 1.86. The molecule has 86 valence electrons. The molecular weight excluding hydrogens is 186 g/mol. The molecule has 0 aromatic heterocycles. The Morgan fingerprint density at radius 2 is 1.73 bits per heavy atom. The molecule has 2 nitrogen and oxygen atoms in total. The van der Waals surface area contributed by atoms with Crippen molar-refractivity contribution in [1.29, 1.82) is 0 Å². The highest BCUT2D eigenvalue weighted by Crippen LogP contribution is 2.57. The van der Waals surface area contributed by atoms with Crippen molar-refractivity contribution in [2.24, 2.45) is 11.8 Å². The predicted octanol–water partition coefficient (Wildman–Crippen LogP) is 2.07. The van der Waals surface area contributed by atoms with Gasteiger partial charge in [-0.3, -0.25) is 0 Å². The van der Waals surface area contributed by atoms with E-state index in [1.807, 2.05) is 0 Å². The van der Waals surface area contributed by atoms with Crippen molar-refractivity contribution < 1.29 is 5.11 Å². The lowest BCUT2D eigenvalue weighted by Crippen LogP contribution is -2.65. The molecule has 0 heterocycles. The van der Waals surface area contributed by atoms with Crippen molar-refractivity contribution in [2.75, 3.05) is 0 Å². The molecule has 2 heteroatoms. The van der Waals surface area contributed by atoms with Crippen LogP contribution in [0.2, 0.25) is 0 Å². The number of nitrogens with one attached hydrogen (secondary N) is 1. The maximum Gasteiger partial charge on any atom is 0.0670 e. The van der Waals surface area contributed by atoms with Crippen LogP contribution in [0, 0.1) is 11.8 Å². The van der Waals surface area contributed by atoms with E-state index in [-0.39, 0.29) is 11.1 Å². The molecule has 0 aromatic carbocycles. The summed E-state index contributed by atoms with van der Waals surface area (Å²) < 4.78 is 0. The van der Waals surface area contributed by atoms with Gasteiger partial charge in [-0.05, 0) is 50.4 Å². The van der Waals surface area contributed by atoms with Gasteiger partial charge < -0.3 is 10.4 Å². The van der Waals surface area contributed by atoms with Crippen molar-refractivity contribution in [1.82, 2.24) is 5.32 Å². The number of rotatable bonds is 2. The molecule has 0 spiro atoms. The molecule has 0 unspecified atom stereocenters. The molecule has 0 aromatic rings. The lowest BCUT2D eigenvalue weighted by atomic mass is 9.51. The fraction of sp³-hybridized carbons (Fsp3) is 1.00. The van der Waals surface area contributed by atoms with Crippen LogP contribution in [-0.2, 0) is 0 Å². The van der Waals surface area contributed by atoms with Crippen LogP contribution in [-0.4, -0.2) is 22.3 Å². The van der Waals surface area contributed by atoms with Gasteiger partial charge in [0.25, 0.3) is 0 Å². The Hall–Kier alpha value is -0.0800. The minimum absolute atomic E-state index is 0.285. The highest BCUT2D eigenvalue weighted by molar-refractivity contribution is 5.12. The van der Waals surface area contributed by atoms with Gasteiger partial charge in [0, 0.05) is 11.6 Å². The van der Waals surface area contributed by atoms with Crippen LogP contribution in [0.25, 0.3) is 0 Å². The number of aliphatic hydroxyl groups is 1. The summed E-state index contributed by atoms with van der Waals surface area (Å²) in [7, 11) is 0. The first-order chi connectivity index (χ1) is 6.99. The van der Waals surface area contributed by atoms with Gasteiger partial charge >= 0.3 is 0 Å². The maximum atomic E-state index is 10.5. The summed E-state index contributed by atoms with van der Waals surface area (Å²) in [4.78, 5) is 0. The van der Waals surface area contributed by atoms with E-state index in [0.29, 0.717) is 6.04 Å². The fourth-order valence-corrected chi connectivity index (χ4v) is 5.00. The molecule has 0 radical (unpaired) electrons. The van der Waals surface area contributed by atoms with E-state index >= 15 is 0 Å². The summed E-state index contributed by atoms with van der Waals surface area (Å²) in [5, 5.41) is 14.3. The van der Waals surface area contributed by atoms with E-state index < -0.39 is 0 Å². The van der Waals surface area contributed by atoms with Crippen molar-refractivity contribution >= 4 is 0 Å². The molecule has 15 heavy (non-hydrogen) atoms. The van der Waals surface area contributed by atoms with Crippen molar-refractivity contribution in [2.45, 2.75) is 69.6 Å². The third-order valence-corrected chi connectivity index (χ3v) is 4.63. The summed E-state index contributed by atoms with van der Waals surface area (Å²) in [6.07, 6.45) is 7.15. The molecule has 0 aliphatic heterocycles. The Morgan fingerprint density at radius 3 is 2.20 bits per heavy atom. The normalized spacial score (nSPS) is 52.8. The van der Waals surface area contributed by atoms with E-state index in [1.165, 1.54) is 19.3 Å². The van der Waals surface area contributed by atoms with Crippen molar-refractivity contribution in [3.05, 3.63) is 0 Å². The second-order valence-corrected chi connectivity index (χ2v) is 6.76. The Morgan fingerprint density at radius 1 is 1.13 bits per heavy atom. The summed E-state index contributed by atoms with van der Waals surface area (Å²) >= 11 is 0. The molecule has 4 bridgehead atoms. The van der Waals surface area contributed by atoms with Gasteiger partial charge in [-0.1, -0.05) is 13.8 Å². The van der Waals surface area contributed by atoms with Crippen molar-refractivity contribution in [3.8, 4) is 0 Å². The zero-order valence-corrected chi connectivity index (χ0v) is 9.92. The molecule has 4 aliphatic carbocycles. The molecule has 4 saturated carbocycles.